The molecule has 3 rings (SSSR count). The molecule has 18 heavy (non-hydrogen) atoms. The number of fused-ring (bicyclic) bond motifs is 1. The van der Waals surface area contributed by atoms with Gasteiger partial charge in [-0.3, -0.25) is 9.59 Å². The van der Waals surface area contributed by atoms with Gasteiger partial charge in [0.25, 0.3) is 5.91 Å². The lowest BCUT2D eigenvalue weighted by atomic mass is 10.2. The Morgan fingerprint density at radius 2 is 2.28 bits per heavy atom. The molecule has 92 valence electrons. The number of carbonyl (C=O) groups excluding carboxylic acids is 1. The van der Waals surface area contributed by atoms with E-state index in [1.54, 1.807) is 17.2 Å². The first-order valence-corrected chi connectivity index (χ1v) is 5.72. The van der Waals surface area contributed by atoms with Crippen molar-refractivity contribution in [3.05, 3.63) is 52.5 Å². The molecule has 1 aliphatic rings. The zero-order chi connectivity index (χ0) is 12.5. The smallest absolute Gasteiger partial charge is 0.254 e. The third-order valence-corrected chi connectivity index (χ3v) is 3.05. The summed E-state index contributed by atoms with van der Waals surface area (Å²) in [4.78, 5) is 31.8. The van der Waals surface area contributed by atoms with Crippen LogP contribution in [0.3, 0.4) is 0 Å². The average Bonchev–Trinajstić information content (AvgIpc) is 2.85. The van der Waals surface area contributed by atoms with Crippen molar-refractivity contribution in [2.75, 3.05) is 6.54 Å². The van der Waals surface area contributed by atoms with Crippen LogP contribution in [0.1, 0.15) is 16.2 Å². The van der Waals surface area contributed by atoms with Gasteiger partial charge in [0.05, 0.1) is 6.54 Å². The number of amides is 1. The Morgan fingerprint density at radius 1 is 1.39 bits per heavy atom. The Kier molecular flexibility index (Phi) is 2.47. The number of hydrogen-bond acceptors (Lipinski definition) is 3. The molecule has 2 aromatic heterocycles. The number of aromatic amines is 1. The number of H-pyrrole nitrogens is 1. The maximum Gasteiger partial charge on any atom is 0.254 e. The fraction of sp³-hybridized carbons (Fsp3) is 0.250. The van der Waals surface area contributed by atoms with Gasteiger partial charge in [-0.15, -0.1) is 0 Å². The van der Waals surface area contributed by atoms with Gasteiger partial charge in [0.1, 0.15) is 5.82 Å². The molecule has 6 nitrogen and oxygen atoms in total. The lowest BCUT2D eigenvalue weighted by molar-refractivity contribution is 0.0707. The summed E-state index contributed by atoms with van der Waals surface area (Å²) >= 11 is 0. The number of nitrogens with one attached hydrogen (secondary N) is 1. The maximum absolute atomic E-state index is 12.2. The molecule has 0 saturated heterocycles. The van der Waals surface area contributed by atoms with Crippen LogP contribution in [0.25, 0.3) is 0 Å². The highest BCUT2D eigenvalue weighted by molar-refractivity contribution is 5.94. The highest BCUT2D eigenvalue weighted by Gasteiger charge is 2.22. The molecule has 1 N–H and O–H groups in total. The van der Waals surface area contributed by atoms with Gasteiger partial charge in [-0.2, -0.15) is 0 Å². The molecular formula is C12H12N4O2. The molecule has 1 amide bonds. The summed E-state index contributed by atoms with van der Waals surface area (Å²) in [6, 6.07) is 2.94. The van der Waals surface area contributed by atoms with Crippen LogP contribution in [0.5, 0.6) is 0 Å². The predicted molar refractivity (Wildman–Crippen MR) is 64.0 cm³/mol. The summed E-state index contributed by atoms with van der Waals surface area (Å²) in [6.07, 6.45) is 5.13. The van der Waals surface area contributed by atoms with Gasteiger partial charge < -0.3 is 14.5 Å². The minimum Gasteiger partial charge on any atom is -0.332 e. The summed E-state index contributed by atoms with van der Waals surface area (Å²) in [7, 11) is 0. The Bertz CT molecular complexity index is 643. The van der Waals surface area contributed by atoms with Crippen LogP contribution in [0, 0.1) is 0 Å². The number of aromatic nitrogens is 3. The van der Waals surface area contributed by atoms with Crippen molar-refractivity contribution in [1.29, 1.82) is 0 Å². The van der Waals surface area contributed by atoms with Gasteiger partial charge in [-0.05, 0) is 6.07 Å². The second-order valence-electron chi connectivity index (χ2n) is 4.21. The number of rotatable bonds is 1. The normalized spacial score (nSPS) is 14.3. The summed E-state index contributed by atoms with van der Waals surface area (Å²) in [6.45, 7) is 1.86. The monoisotopic (exact) mass is 244 g/mol. The fourth-order valence-electron chi connectivity index (χ4n) is 2.11. The van der Waals surface area contributed by atoms with Crippen molar-refractivity contribution in [2.24, 2.45) is 0 Å². The van der Waals surface area contributed by atoms with E-state index in [0.29, 0.717) is 18.7 Å². The van der Waals surface area contributed by atoms with Gasteiger partial charge in [0, 0.05) is 43.3 Å². The molecule has 0 bridgehead atoms. The van der Waals surface area contributed by atoms with Crippen LogP contribution in [-0.2, 0) is 13.1 Å². The van der Waals surface area contributed by atoms with Crippen LogP contribution in [-0.4, -0.2) is 31.9 Å². The fourth-order valence-corrected chi connectivity index (χ4v) is 2.11. The first-order valence-electron chi connectivity index (χ1n) is 5.72. The highest BCUT2D eigenvalue weighted by Crippen LogP contribution is 2.12. The quantitative estimate of drug-likeness (QED) is 0.780. The van der Waals surface area contributed by atoms with Gasteiger partial charge in [-0.1, -0.05) is 0 Å². The minimum absolute atomic E-state index is 0.129. The van der Waals surface area contributed by atoms with E-state index in [2.05, 4.69) is 9.97 Å². The molecule has 0 radical (unpaired) electrons. The van der Waals surface area contributed by atoms with E-state index < -0.39 is 0 Å². The van der Waals surface area contributed by atoms with Crippen LogP contribution in [0.15, 0.2) is 35.5 Å². The van der Waals surface area contributed by atoms with E-state index in [4.69, 9.17) is 0 Å². The molecular weight excluding hydrogens is 232 g/mol. The Morgan fingerprint density at radius 3 is 3.11 bits per heavy atom. The SMILES string of the molecule is O=C(c1cc[nH]c(=O)c1)N1CCn2ccnc2C1. The first-order chi connectivity index (χ1) is 8.74. The first kappa shape index (κ1) is 10.8. The maximum atomic E-state index is 12.2. The van der Waals surface area contributed by atoms with E-state index >= 15 is 0 Å². The van der Waals surface area contributed by atoms with E-state index in [9.17, 15) is 9.59 Å². The third kappa shape index (κ3) is 1.81. The van der Waals surface area contributed by atoms with Crippen molar-refractivity contribution >= 4 is 5.91 Å². The molecule has 0 atom stereocenters. The summed E-state index contributed by atoms with van der Waals surface area (Å²) in [5, 5.41) is 0. The standard InChI is InChI=1S/C12H12N4O2/c17-11-7-9(1-2-14-11)12(18)16-6-5-15-4-3-13-10(15)8-16/h1-4,7H,5-6,8H2,(H,14,17). The van der Waals surface area contributed by atoms with E-state index in [0.717, 1.165) is 12.4 Å². The van der Waals surface area contributed by atoms with E-state index in [1.165, 1.54) is 12.3 Å². The molecule has 2 aromatic rings. The largest absolute Gasteiger partial charge is 0.332 e. The van der Waals surface area contributed by atoms with Crippen LogP contribution < -0.4 is 5.56 Å². The highest BCUT2D eigenvalue weighted by atomic mass is 16.2. The van der Waals surface area contributed by atoms with E-state index in [-0.39, 0.29) is 11.5 Å². The summed E-state index contributed by atoms with van der Waals surface area (Å²) < 4.78 is 2.03. The lowest BCUT2D eigenvalue weighted by Gasteiger charge is -2.27. The van der Waals surface area contributed by atoms with Crippen molar-refractivity contribution in [3.63, 3.8) is 0 Å². The molecule has 3 heterocycles. The Hall–Kier alpha value is -2.37. The summed E-state index contributed by atoms with van der Waals surface area (Å²) in [5.74, 6) is 0.745. The van der Waals surface area contributed by atoms with Gasteiger partial charge in [0.2, 0.25) is 5.56 Å². The second kappa shape index (κ2) is 4.14. The van der Waals surface area contributed by atoms with Gasteiger partial charge in [0.15, 0.2) is 0 Å². The number of nitrogens with zero attached hydrogens (tertiary/aromatic N) is 3. The predicted octanol–water partition coefficient (Wildman–Crippen LogP) is 0.227. The zero-order valence-electron chi connectivity index (χ0n) is 9.67. The average molecular weight is 244 g/mol. The number of imidazole rings is 1. The molecule has 6 heteroatoms. The van der Waals surface area contributed by atoms with Crippen LogP contribution in [0.4, 0.5) is 0 Å². The lowest BCUT2D eigenvalue weighted by Crippen LogP contribution is -2.38. The molecule has 0 aromatic carbocycles. The van der Waals surface area contributed by atoms with Crippen molar-refractivity contribution in [1.82, 2.24) is 19.4 Å². The minimum atomic E-state index is -0.264. The number of hydrogen-bond donors (Lipinski definition) is 1. The zero-order valence-corrected chi connectivity index (χ0v) is 9.67. The Labute approximate surface area is 103 Å². The molecule has 0 unspecified atom stereocenters. The Balaban J connectivity index is 1.85. The molecule has 0 saturated carbocycles. The number of pyridine rings is 1. The molecule has 0 fully saturated rings. The van der Waals surface area contributed by atoms with Gasteiger partial charge in [-0.25, -0.2) is 4.98 Å². The van der Waals surface area contributed by atoms with Crippen LogP contribution >= 0.6 is 0 Å². The van der Waals surface area contributed by atoms with Crippen molar-refractivity contribution < 1.29 is 4.79 Å². The van der Waals surface area contributed by atoms with Crippen molar-refractivity contribution in [3.8, 4) is 0 Å². The number of carbonyl (C=O) groups is 1. The second-order valence-corrected chi connectivity index (χ2v) is 4.21. The third-order valence-electron chi connectivity index (χ3n) is 3.05. The topological polar surface area (TPSA) is 71.0 Å². The van der Waals surface area contributed by atoms with E-state index in [1.807, 2.05) is 10.8 Å². The molecule has 0 aliphatic carbocycles. The van der Waals surface area contributed by atoms with Crippen LogP contribution in [0.2, 0.25) is 0 Å². The molecule has 0 spiro atoms. The van der Waals surface area contributed by atoms with Gasteiger partial charge >= 0.3 is 0 Å². The summed E-state index contributed by atoms with van der Waals surface area (Å²) in [5.41, 5.74) is 0.151. The molecule has 1 aliphatic heterocycles. The van der Waals surface area contributed by atoms with Crippen molar-refractivity contribution in [2.45, 2.75) is 13.1 Å².